The molecule has 32 heavy (non-hydrogen) atoms. The van der Waals surface area contributed by atoms with Gasteiger partial charge in [0.1, 0.15) is 24.0 Å². The molecule has 0 atom stereocenters. The van der Waals surface area contributed by atoms with Gasteiger partial charge in [-0.15, -0.1) is 0 Å². The summed E-state index contributed by atoms with van der Waals surface area (Å²) >= 11 is 6.07. The summed E-state index contributed by atoms with van der Waals surface area (Å²) in [4.78, 5) is 23.4. The molecule has 0 bridgehead atoms. The number of rotatable bonds is 7. The molecule has 3 rings (SSSR count). The van der Waals surface area contributed by atoms with E-state index in [9.17, 15) is 14.9 Å². The van der Waals surface area contributed by atoms with Gasteiger partial charge in [0.25, 0.3) is 5.91 Å². The lowest BCUT2D eigenvalue weighted by atomic mass is 10.1. The number of hydrogen-bond donors (Lipinski definition) is 2. The molecular weight excluding hydrogens is 428 g/mol. The second-order valence-corrected chi connectivity index (χ2v) is 7.30. The van der Waals surface area contributed by atoms with Crippen LogP contribution in [0.4, 0.5) is 5.69 Å². The number of hydrogen-bond acceptors (Lipinski definition) is 4. The molecule has 0 aliphatic heterocycles. The SMILES string of the molecule is Cc1c(Cl)cccc1NC(=O)/C(C#N)=C\c1ccc(OCc2ccc(C(=O)O)cc2)cc1. The zero-order chi connectivity index (χ0) is 23.1. The van der Waals surface area contributed by atoms with Crippen molar-refractivity contribution in [1.82, 2.24) is 0 Å². The third kappa shape index (κ3) is 5.75. The van der Waals surface area contributed by atoms with Crippen molar-refractivity contribution < 1.29 is 19.4 Å². The average molecular weight is 447 g/mol. The summed E-state index contributed by atoms with van der Waals surface area (Å²) in [6.45, 7) is 2.06. The first kappa shape index (κ1) is 22.6. The van der Waals surface area contributed by atoms with Crippen LogP contribution in [-0.4, -0.2) is 17.0 Å². The number of nitriles is 1. The van der Waals surface area contributed by atoms with Crippen molar-refractivity contribution >= 4 is 35.2 Å². The fourth-order valence-corrected chi connectivity index (χ4v) is 2.99. The zero-order valence-electron chi connectivity index (χ0n) is 17.1. The summed E-state index contributed by atoms with van der Waals surface area (Å²) < 4.78 is 5.70. The number of aromatic carboxylic acids is 1. The van der Waals surface area contributed by atoms with Crippen molar-refractivity contribution in [3.63, 3.8) is 0 Å². The third-order valence-corrected chi connectivity index (χ3v) is 5.09. The van der Waals surface area contributed by atoms with Crippen LogP contribution in [0, 0.1) is 18.3 Å². The van der Waals surface area contributed by atoms with Crippen LogP contribution in [0.3, 0.4) is 0 Å². The molecule has 3 aromatic rings. The van der Waals surface area contributed by atoms with Gasteiger partial charge in [0, 0.05) is 10.7 Å². The van der Waals surface area contributed by atoms with E-state index in [0.29, 0.717) is 22.0 Å². The first-order chi connectivity index (χ1) is 15.4. The van der Waals surface area contributed by atoms with Gasteiger partial charge in [0.2, 0.25) is 0 Å². The van der Waals surface area contributed by atoms with Crippen molar-refractivity contribution in [2.45, 2.75) is 13.5 Å². The van der Waals surface area contributed by atoms with E-state index in [4.69, 9.17) is 21.4 Å². The molecule has 0 fully saturated rings. The van der Waals surface area contributed by atoms with Crippen LogP contribution in [0.1, 0.15) is 27.0 Å². The van der Waals surface area contributed by atoms with Crippen molar-refractivity contribution in [3.05, 3.63) is 99.6 Å². The number of ether oxygens (including phenoxy) is 1. The van der Waals surface area contributed by atoms with Crippen molar-refractivity contribution in [2.75, 3.05) is 5.32 Å². The second-order valence-electron chi connectivity index (χ2n) is 6.90. The Kier molecular flexibility index (Phi) is 7.27. The van der Waals surface area contributed by atoms with Crippen molar-refractivity contribution in [1.29, 1.82) is 5.26 Å². The molecule has 0 spiro atoms. The summed E-state index contributed by atoms with van der Waals surface area (Å²) in [7, 11) is 0. The average Bonchev–Trinajstić information content (AvgIpc) is 2.80. The molecule has 2 N–H and O–H groups in total. The van der Waals surface area contributed by atoms with Gasteiger partial charge in [-0.2, -0.15) is 5.26 Å². The van der Waals surface area contributed by atoms with Crippen LogP contribution in [0.25, 0.3) is 6.08 Å². The topological polar surface area (TPSA) is 99.4 Å². The molecule has 0 aromatic heterocycles. The molecule has 0 unspecified atom stereocenters. The van der Waals surface area contributed by atoms with Crippen LogP contribution in [0.5, 0.6) is 5.75 Å². The van der Waals surface area contributed by atoms with Gasteiger partial charge in [-0.3, -0.25) is 4.79 Å². The summed E-state index contributed by atoms with van der Waals surface area (Å²) in [5.74, 6) is -0.904. The molecule has 7 heteroatoms. The molecule has 1 amide bonds. The predicted molar refractivity (Wildman–Crippen MR) is 123 cm³/mol. The van der Waals surface area contributed by atoms with E-state index in [1.165, 1.54) is 18.2 Å². The number of anilines is 1. The summed E-state index contributed by atoms with van der Waals surface area (Å²) in [6, 6.07) is 20.4. The largest absolute Gasteiger partial charge is 0.489 e. The molecule has 6 nitrogen and oxygen atoms in total. The third-order valence-electron chi connectivity index (χ3n) is 4.68. The van der Waals surface area contributed by atoms with E-state index in [2.05, 4.69) is 5.32 Å². The Balaban J connectivity index is 1.64. The molecule has 0 aliphatic rings. The lowest BCUT2D eigenvalue weighted by molar-refractivity contribution is -0.112. The summed E-state index contributed by atoms with van der Waals surface area (Å²) in [5.41, 5.74) is 2.93. The Morgan fingerprint density at radius 2 is 1.78 bits per heavy atom. The lowest BCUT2D eigenvalue weighted by Crippen LogP contribution is -2.14. The zero-order valence-corrected chi connectivity index (χ0v) is 17.9. The predicted octanol–water partition coefficient (Wildman–Crippen LogP) is 5.47. The fourth-order valence-electron chi connectivity index (χ4n) is 2.82. The van der Waals surface area contributed by atoms with Gasteiger partial charge in [-0.1, -0.05) is 41.9 Å². The van der Waals surface area contributed by atoms with Gasteiger partial charge in [0.15, 0.2) is 0 Å². The minimum Gasteiger partial charge on any atom is -0.489 e. The highest BCUT2D eigenvalue weighted by molar-refractivity contribution is 6.31. The Hall–Kier alpha value is -4.08. The van der Waals surface area contributed by atoms with Gasteiger partial charge in [-0.05, 0) is 66.1 Å². The highest BCUT2D eigenvalue weighted by Crippen LogP contribution is 2.24. The normalized spacial score (nSPS) is 10.8. The Labute approximate surface area is 190 Å². The van der Waals surface area contributed by atoms with E-state index >= 15 is 0 Å². The first-order valence-electron chi connectivity index (χ1n) is 9.60. The molecular formula is C25H19ClN2O4. The molecule has 160 valence electrons. The maximum absolute atomic E-state index is 12.5. The molecule has 3 aromatic carbocycles. The maximum Gasteiger partial charge on any atom is 0.335 e. The van der Waals surface area contributed by atoms with Crippen LogP contribution in [-0.2, 0) is 11.4 Å². The molecule has 0 saturated heterocycles. The number of carbonyl (C=O) groups excluding carboxylic acids is 1. The minimum absolute atomic E-state index is 0.0448. The van der Waals surface area contributed by atoms with Crippen LogP contribution in [0.2, 0.25) is 5.02 Å². The van der Waals surface area contributed by atoms with E-state index < -0.39 is 11.9 Å². The van der Waals surface area contributed by atoms with Gasteiger partial charge >= 0.3 is 5.97 Å². The van der Waals surface area contributed by atoms with Crippen LogP contribution in [0.15, 0.2) is 72.3 Å². The Morgan fingerprint density at radius 3 is 2.41 bits per heavy atom. The highest BCUT2D eigenvalue weighted by Gasteiger charge is 2.12. The Bertz CT molecular complexity index is 1210. The maximum atomic E-state index is 12.5. The van der Waals surface area contributed by atoms with E-state index in [1.54, 1.807) is 61.5 Å². The number of halogens is 1. The molecule has 0 radical (unpaired) electrons. The van der Waals surface area contributed by atoms with E-state index in [0.717, 1.165) is 11.1 Å². The highest BCUT2D eigenvalue weighted by atomic mass is 35.5. The van der Waals surface area contributed by atoms with Gasteiger partial charge in [-0.25, -0.2) is 4.79 Å². The monoisotopic (exact) mass is 446 g/mol. The van der Waals surface area contributed by atoms with E-state index in [-0.39, 0.29) is 17.7 Å². The minimum atomic E-state index is -0.978. The van der Waals surface area contributed by atoms with Gasteiger partial charge in [0.05, 0.1) is 5.56 Å². The number of carboxylic acids is 1. The van der Waals surface area contributed by atoms with Crippen LogP contribution < -0.4 is 10.1 Å². The van der Waals surface area contributed by atoms with Crippen LogP contribution >= 0.6 is 11.6 Å². The standard InChI is InChI=1S/C25H19ClN2O4/c1-16-22(26)3-2-4-23(16)28-24(29)20(14-27)13-17-7-11-21(12-8-17)32-15-18-5-9-19(10-6-18)25(30)31/h2-13H,15H2,1H3,(H,28,29)(H,30,31)/b20-13-. The van der Waals surface area contributed by atoms with Crippen molar-refractivity contribution in [3.8, 4) is 11.8 Å². The lowest BCUT2D eigenvalue weighted by Gasteiger charge is -2.09. The summed E-state index contributed by atoms with van der Waals surface area (Å²) in [5, 5.41) is 21.6. The van der Waals surface area contributed by atoms with Crippen molar-refractivity contribution in [2.24, 2.45) is 0 Å². The molecule has 0 heterocycles. The Morgan fingerprint density at radius 1 is 1.09 bits per heavy atom. The van der Waals surface area contributed by atoms with E-state index in [1.807, 2.05) is 6.07 Å². The fraction of sp³-hybridized carbons (Fsp3) is 0.0800. The number of carboxylic acid groups (broad SMARTS) is 1. The number of benzene rings is 3. The van der Waals surface area contributed by atoms with Gasteiger partial charge < -0.3 is 15.2 Å². The quantitative estimate of drug-likeness (QED) is 0.370. The smallest absolute Gasteiger partial charge is 0.335 e. The number of nitrogens with one attached hydrogen (secondary N) is 1. The number of nitrogens with zero attached hydrogens (tertiary/aromatic N) is 1. The molecule has 0 saturated carbocycles. The number of carbonyl (C=O) groups is 2. The first-order valence-corrected chi connectivity index (χ1v) is 9.98. The summed E-state index contributed by atoms with van der Waals surface area (Å²) in [6.07, 6.45) is 1.49. The molecule has 0 aliphatic carbocycles. The second kappa shape index (κ2) is 10.3. The number of amides is 1.